The van der Waals surface area contributed by atoms with Crippen LogP contribution in [0.15, 0.2) is 58.1 Å². The molecule has 0 unspecified atom stereocenters. The Balaban J connectivity index is 2.03. The number of nitrogens with one attached hydrogen (secondary N) is 1. The van der Waals surface area contributed by atoms with E-state index < -0.39 is 0 Å². The molecule has 5 heteroatoms. The minimum Gasteiger partial charge on any atom is -0.267 e. The van der Waals surface area contributed by atoms with Crippen molar-refractivity contribution in [1.82, 2.24) is 5.43 Å². The highest BCUT2D eigenvalue weighted by atomic mass is 127. The van der Waals surface area contributed by atoms with Gasteiger partial charge < -0.3 is 0 Å². The predicted octanol–water partition coefficient (Wildman–Crippen LogP) is 3.82. The molecule has 0 heterocycles. The zero-order chi connectivity index (χ0) is 13.7. The molecule has 3 nitrogen and oxygen atoms in total. The Hall–Kier alpha value is -1.21. The van der Waals surface area contributed by atoms with Gasteiger partial charge in [-0.1, -0.05) is 40.2 Å². The molecular weight excluding hydrogens is 419 g/mol. The van der Waals surface area contributed by atoms with Crippen LogP contribution in [0.4, 0.5) is 0 Å². The molecule has 96 valence electrons. The number of halogens is 2. The molecule has 0 aromatic heterocycles. The molecule has 2 aromatic rings. The van der Waals surface area contributed by atoms with Gasteiger partial charge in [-0.15, -0.1) is 0 Å². The first-order valence-corrected chi connectivity index (χ1v) is 7.37. The highest BCUT2D eigenvalue weighted by Gasteiger charge is 2.03. The number of benzene rings is 2. The van der Waals surface area contributed by atoms with E-state index in [1.807, 2.05) is 36.4 Å². The van der Waals surface area contributed by atoms with E-state index in [-0.39, 0.29) is 5.91 Å². The lowest BCUT2D eigenvalue weighted by molar-refractivity contribution is 0.0955. The summed E-state index contributed by atoms with van der Waals surface area (Å²) in [6.07, 6.45) is 1.64. The Bertz CT molecular complexity index is 628. The van der Waals surface area contributed by atoms with Crippen molar-refractivity contribution >= 4 is 50.6 Å². The average molecular weight is 429 g/mol. The van der Waals surface area contributed by atoms with Crippen LogP contribution >= 0.6 is 38.5 Å². The Morgan fingerprint density at radius 1 is 1.21 bits per heavy atom. The van der Waals surface area contributed by atoms with E-state index in [4.69, 9.17) is 0 Å². The number of nitrogens with zero attached hydrogens (tertiary/aromatic N) is 1. The summed E-state index contributed by atoms with van der Waals surface area (Å²) in [5.41, 5.74) is 4.04. The van der Waals surface area contributed by atoms with E-state index in [0.29, 0.717) is 5.56 Å². The van der Waals surface area contributed by atoms with E-state index >= 15 is 0 Å². The van der Waals surface area contributed by atoms with Crippen molar-refractivity contribution in [3.63, 3.8) is 0 Å². The second-order valence-electron chi connectivity index (χ2n) is 3.73. The molecule has 1 amide bonds. The number of rotatable bonds is 3. The fraction of sp³-hybridized carbons (Fsp3) is 0. The Kier molecular flexibility index (Phi) is 5.09. The summed E-state index contributed by atoms with van der Waals surface area (Å²) in [7, 11) is 0. The molecular formula is C14H10BrIN2O. The number of hydrogen-bond donors (Lipinski definition) is 1. The van der Waals surface area contributed by atoms with Crippen molar-refractivity contribution in [3.05, 3.63) is 67.7 Å². The molecule has 0 atom stereocenters. The first kappa shape index (κ1) is 14.2. The van der Waals surface area contributed by atoms with Crippen LogP contribution in [0.3, 0.4) is 0 Å². The van der Waals surface area contributed by atoms with Crippen molar-refractivity contribution in [1.29, 1.82) is 0 Å². The van der Waals surface area contributed by atoms with E-state index in [1.54, 1.807) is 18.3 Å². The Morgan fingerprint density at radius 2 is 2.00 bits per heavy atom. The van der Waals surface area contributed by atoms with E-state index in [0.717, 1.165) is 13.6 Å². The second kappa shape index (κ2) is 6.81. The molecule has 0 spiro atoms. The number of hydrazone groups is 1. The normalized spacial score (nSPS) is 10.6. The van der Waals surface area contributed by atoms with Crippen LogP contribution in [0.25, 0.3) is 0 Å². The molecule has 0 saturated carbocycles. The molecule has 1 N–H and O–H groups in total. The van der Waals surface area contributed by atoms with E-state index in [2.05, 4.69) is 49.0 Å². The van der Waals surface area contributed by atoms with Gasteiger partial charge in [-0.3, -0.25) is 4.79 Å². The van der Waals surface area contributed by atoms with Gasteiger partial charge in [-0.05, 0) is 46.9 Å². The summed E-state index contributed by atoms with van der Waals surface area (Å²) in [4.78, 5) is 11.8. The molecule has 0 aliphatic rings. The largest absolute Gasteiger partial charge is 0.271 e. The lowest BCUT2D eigenvalue weighted by Crippen LogP contribution is -2.17. The first-order chi connectivity index (χ1) is 9.16. The highest BCUT2D eigenvalue weighted by molar-refractivity contribution is 14.1. The third-order valence-electron chi connectivity index (χ3n) is 2.36. The zero-order valence-corrected chi connectivity index (χ0v) is 13.6. The number of amides is 1. The standard InChI is InChI=1S/C14H10BrIN2O/c15-12-6-3-5-10(8-12)14(19)18-17-9-11-4-1-2-7-13(11)16/h1-9H,(H,18,19)/b17-9+. The molecule has 2 aromatic carbocycles. The lowest BCUT2D eigenvalue weighted by atomic mass is 10.2. The predicted molar refractivity (Wildman–Crippen MR) is 88.4 cm³/mol. The summed E-state index contributed by atoms with van der Waals surface area (Å²) in [5.74, 6) is -0.233. The maximum atomic E-state index is 11.8. The molecule has 0 saturated heterocycles. The minimum absolute atomic E-state index is 0.233. The zero-order valence-electron chi connectivity index (χ0n) is 9.81. The van der Waals surface area contributed by atoms with Crippen molar-refractivity contribution in [2.75, 3.05) is 0 Å². The average Bonchev–Trinajstić information content (AvgIpc) is 2.41. The third kappa shape index (κ3) is 4.14. The van der Waals surface area contributed by atoms with Gasteiger partial charge in [0, 0.05) is 19.2 Å². The monoisotopic (exact) mass is 428 g/mol. The van der Waals surface area contributed by atoms with Gasteiger partial charge in [0.05, 0.1) is 6.21 Å². The smallest absolute Gasteiger partial charge is 0.267 e. The second-order valence-corrected chi connectivity index (χ2v) is 5.81. The van der Waals surface area contributed by atoms with Gasteiger partial charge in [0.25, 0.3) is 5.91 Å². The van der Waals surface area contributed by atoms with Gasteiger partial charge in [0.1, 0.15) is 0 Å². The maximum Gasteiger partial charge on any atom is 0.271 e. The summed E-state index contributed by atoms with van der Waals surface area (Å²) in [6, 6.07) is 15.0. The van der Waals surface area contributed by atoms with Crippen LogP contribution in [0.5, 0.6) is 0 Å². The fourth-order valence-electron chi connectivity index (χ4n) is 1.43. The van der Waals surface area contributed by atoms with Gasteiger partial charge >= 0.3 is 0 Å². The minimum atomic E-state index is -0.233. The van der Waals surface area contributed by atoms with Crippen LogP contribution in [0.2, 0.25) is 0 Å². The first-order valence-electron chi connectivity index (χ1n) is 5.50. The highest BCUT2D eigenvalue weighted by Crippen LogP contribution is 2.11. The van der Waals surface area contributed by atoms with Crippen LogP contribution in [0, 0.1) is 3.57 Å². The van der Waals surface area contributed by atoms with Gasteiger partial charge in [-0.2, -0.15) is 5.10 Å². The summed E-state index contributed by atoms with van der Waals surface area (Å²) < 4.78 is 1.95. The number of carbonyl (C=O) groups is 1. The quantitative estimate of drug-likeness (QED) is 0.450. The van der Waals surface area contributed by atoms with Crippen LogP contribution in [-0.4, -0.2) is 12.1 Å². The summed E-state index contributed by atoms with van der Waals surface area (Å²) in [6.45, 7) is 0. The third-order valence-corrected chi connectivity index (χ3v) is 3.84. The Labute approximate surface area is 133 Å². The summed E-state index contributed by atoms with van der Waals surface area (Å²) in [5, 5.41) is 3.96. The van der Waals surface area contributed by atoms with Crippen molar-refractivity contribution in [2.45, 2.75) is 0 Å². The molecule has 2 rings (SSSR count). The molecule has 0 aliphatic carbocycles. The van der Waals surface area contributed by atoms with E-state index in [1.165, 1.54) is 0 Å². The van der Waals surface area contributed by atoms with Crippen molar-refractivity contribution in [3.8, 4) is 0 Å². The lowest BCUT2D eigenvalue weighted by Gasteiger charge is -2.00. The SMILES string of the molecule is O=C(N/N=C/c1ccccc1I)c1cccc(Br)c1. The van der Waals surface area contributed by atoms with Crippen molar-refractivity contribution in [2.24, 2.45) is 5.10 Å². The molecule has 0 aliphatic heterocycles. The number of hydrogen-bond acceptors (Lipinski definition) is 2. The Morgan fingerprint density at radius 3 is 2.74 bits per heavy atom. The molecule has 0 fully saturated rings. The maximum absolute atomic E-state index is 11.8. The van der Waals surface area contributed by atoms with Crippen molar-refractivity contribution < 1.29 is 4.79 Å². The summed E-state index contributed by atoms with van der Waals surface area (Å²) >= 11 is 5.55. The van der Waals surface area contributed by atoms with Crippen LogP contribution in [0.1, 0.15) is 15.9 Å². The van der Waals surface area contributed by atoms with Crippen LogP contribution < -0.4 is 5.43 Å². The van der Waals surface area contributed by atoms with Gasteiger partial charge in [0.2, 0.25) is 0 Å². The molecule has 0 bridgehead atoms. The molecule has 0 radical (unpaired) electrons. The topological polar surface area (TPSA) is 41.5 Å². The van der Waals surface area contributed by atoms with Crippen LogP contribution in [-0.2, 0) is 0 Å². The van der Waals surface area contributed by atoms with E-state index in [9.17, 15) is 4.79 Å². The fourth-order valence-corrected chi connectivity index (χ4v) is 2.36. The number of carbonyl (C=O) groups excluding carboxylic acids is 1. The van der Waals surface area contributed by atoms with Gasteiger partial charge in [-0.25, -0.2) is 5.43 Å². The van der Waals surface area contributed by atoms with Gasteiger partial charge in [0.15, 0.2) is 0 Å². The molecule has 19 heavy (non-hydrogen) atoms.